The van der Waals surface area contributed by atoms with Crippen molar-refractivity contribution in [1.82, 2.24) is 10.2 Å². The van der Waals surface area contributed by atoms with E-state index in [1.807, 2.05) is 27.7 Å². The van der Waals surface area contributed by atoms with Crippen LogP contribution < -0.4 is 5.32 Å². The van der Waals surface area contributed by atoms with Gasteiger partial charge in [0.15, 0.2) is 0 Å². The molecule has 0 radical (unpaired) electrons. The maximum Gasteiger partial charge on any atom is 0.328 e. The number of nitrogens with one attached hydrogen (secondary N) is 1. The molecule has 1 N–H and O–H groups in total. The maximum atomic E-state index is 12.4. The predicted molar refractivity (Wildman–Crippen MR) is 81.6 cm³/mol. The number of carbonyl (C=O) groups is 3. The average Bonchev–Trinajstić information content (AvgIpc) is 2.77. The number of ether oxygens (including phenoxy) is 1. The van der Waals surface area contributed by atoms with E-state index < -0.39 is 22.9 Å². The van der Waals surface area contributed by atoms with E-state index in [2.05, 4.69) is 5.32 Å². The van der Waals surface area contributed by atoms with E-state index in [-0.39, 0.29) is 11.8 Å². The van der Waals surface area contributed by atoms with Gasteiger partial charge < -0.3 is 15.0 Å². The summed E-state index contributed by atoms with van der Waals surface area (Å²) in [6.45, 7) is 7.61. The Hall–Kier alpha value is -1.24. The van der Waals surface area contributed by atoms with Crippen molar-refractivity contribution in [2.45, 2.75) is 51.1 Å². The minimum atomic E-state index is -0.685. The first kappa shape index (κ1) is 17.8. The lowest BCUT2D eigenvalue weighted by Crippen LogP contribution is -2.54. The second-order valence-corrected chi connectivity index (χ2v) is 7.30. The van der Waals surface area contributed by atoms with Crippen LogP contribution in [0.5, 0.6) is 0 Å². The summed E-state index contributed by atoms with van der Waals surface area (Å²) in [5.41, 5.74) is 0. The van der Waals surface area contributed by atoms with Crippen LogP contribution in [-0.4, -0.2) is 53.0 Å². The number of methoxy groups -OCH3 is 1. The normalized spacial score (nSPS) is 23.3. The summed E-state index contributed by atoms with van der Waals surface area (Å²) >= 11 is 1.54. The van der Waals surface area contributed by atoms with E-state index in [0.29, 0.717) is 12.2 Å². The number of amides is 2. The quantitative estimate of drug-likeness (QED) is 0.584. The molecule has 1 aliphatic heterocycles. The van der Waals surface area contributed by atoms with Gasteiger partial charge in [0.1, 0.15) is 12.1 Å². The molecule has 0 saturated carbocycles. The van der Waals surface area contributed by atoms with Crippen LogP contribution in [0.2, 0.25) is 0 Å². The van der Waals surface area contributed by atoms with Gasteiger partial charge in [0, 0.05) is 5.75 Å². The number of rotatable bonds is 6. The molecule has 7 heteroatoms. The lowest BCUT2D eigenvalue weighted by Gasteiger charge is -2.31. The van der Waals surface area contributed by atoms with E-state index >= 15 is 0 Å². The smallest absolute Gasteiger partial charge is 0.328 e. The highest BCUT2D eigenvalue weighted by Gasteiger charge is 2.44. The molecule has 0 aromatic carbocycles. The molecule has 1 aliphatic rings. The van der Waals surface area contributed by atoms with Crippen LogP contribution in [0.1, 0.15) is 34.1 Å². The topological polar surface area (TPSA) is 75.7 Å². The molecule has 1 fully saturated rings. The highest BCUT2D eigenvalue weighted by atomic mass is 32.2. The Labute approximate surface area is 130 Å². The van der Waals surface area contributed by atoms with Gasteiger partial charge in [-0.2, -0.15) is 0 Å². The standard InChI is InChI=1S/C14H24N2O4S/c1-6-9(2)11(13(19)20-5)15-12(18)10-7-21-14(3,4)16(10)8-17/h8-11H,6-7H2,1-5H3,(H,15,18)/t9-,10+,11+/m1/s1. The minimum absolute atomic E-state index is 0.0341. The summed E-state index contributed by atoms with van der Waals surface area (Å²) in [4.78, 5) is 36.6. The third kappa shape index (κ3) is 3.90. The van der Waals surface area contributed by atoms with Gasteiger partial charge in [-0.25, -0.2) is 4.79 Å². The molecule has 1 rings (SSSR count). The number of hydrogen-bond acceptors (Lipinski definition) is 5. The molecule has 0 unspecified atom stereocenters. The Morgan fingerprint density at radius 3 is 2.62 bits per heavy atom. The molecular weight excluding hydrogens is 292 g/mol. The second kappa shape index (κ2) is 7.15. The number of nitrogens with zero attached hydrogens (tertiary/aromatic N) is 1. The number of esters is 1. The van der Waals surface area contributed by atoms with Gasteiger partial charge in [-0.1, -0.05) is 20.3 Å². The SMILES string of the molecule is CC[C@@H](C)[C@H](NC(=O)[C@@H]1CSC(C)(C)N1C=O)C(=O)OC. The molecule has 21 heavy (non-hydrogen) atoms. The molecule has 6 nitrogen and oxygen atoms in total. The van der Waals surface area contributed by atoms with Crippen molar-refractivity contribution in [3.63, 3.8) is 0 Å². The molecule has 0 spiro atoms. The monoisotopic (exact) mass is 316 g/mol. The molecule has 3 atom stereocenters. The first-order valence-corrected chi connectivity index (χ1v) is 8.03. The van der Waals surface area contributed by atoms with Gasteiger partial charge in [0.2, 0.25) is 12.3 Å². The Bertz CT molecular complexity index is 414. The molecule has 0 aromatic rings. The van der Waals surface area contributed by atoms with Crippen molar-refractivity contribution in [2.24, 2.45) is 5.92 Å². The van der Waals surface area contributed by atoms with Gasteiger partial charge in [-0.05, 0) is 19.8 Å². The lowest BCUT2D eigenvalue weighted by atomic mass is 9.99. The zero-order valence-electron chi connectivity index (χ0n) is 13.2. The molecule has 0 bridgehead atoms. The van der Waals surface area contributed by atoms with Crippen molar-refractivity contribution in [1.29, 1.82) is 0 Å². The Morgan fingerprint density at radius 2 is 2.14 bits per heavy atom. The van der Waals surface area contributed by atoms with E-state index in [1.165, 1.54) is 12.0 Å². The third-order valence-electron chi connectivity index (χ3n) is 3.93. The van der Waals surface area contributed by atoms with Crippen molar-refractivity contribution >= 4 is 30.0 Å². The molecule has 0 aliphatic carbocycles. The maximum absolute atomic E-state index is 12.4. The van der Waals surface area contributed by atoms with Crippen molar-refractivity contribution < 1.29 is 19.1 Å². The molecule has 2 amide bonds. The largest absolute Gasteiger partial charge is 0.467 e. The fourth-order valence-electron chi connectivity index (χ4n) is 2.26. The van der Waals surface area contributed by atoms with E-state index in [9.17, 15) is 14.4 Å². The van der Waals surface area contributed by atoms with Gasteiger partial charge in [-0.3, -0.25) is 9.59 Å². The Kier molecular flexibility index (Phi) is 6.07. The Balaban J connectivity index is 2.83. The average molecular weight is 316 g/mol. The minimum Gasteiger partial charge on any atom is -0.467 e. The van der Waals surface area contributed by atoms with E-state index in [1.54, 1.807) is 11.8 Å². The summed E-state index contributed by atoms with van der Waals surface area (Å²) < 4.78 is 4.75. The number of carbonyl (C=O) groups excluding carboxylic acids is 3. The van der Waals surface area contributed by atoms with Crippen LogP contribution in [0.4, 0.5) is 0 Å². The predicted octanol–water partition coefficient (Wildman–Crippen LogP) is 1.00. The molecule has 1 heterocycles. The van der Waals surface area contributed by atoms with Gasteiger partial charge in [-0.15, -0.1) is 11.8 Å². The molecule has 1 saturated heterocycles. The van der Waals surface area contributed by atoms with Crippen molar-refractivity contribution in [2.75, 3.05) is 12.9 Å². The fraction of sp³-hybridized carbons (Fsp3) is 0.786. The summed E-state index contributed by atoms with van der Waals surface area (Å²) in [5.74, 6) is -0.282. The van der Waals surface area contributed by atoms with E-state index in [0.717, 1.165) is 6.42 Å². The van der Waals surface area contributed by atoms with Crippen LogP contribution in [0.25, 0.3) is 0 Å². The zero-order valence-corrected chi connectivity index (χ0v) is 14.0. The summed E-state index contributed by atoms with van der Waals surface area (Å²) in [7, 11) is 1.30. The first-order valence-electron chi connectivity index (χ1n) is 7.04. The van der Waals surface area contributed by atoms with Gasteiger partial charge in [0.25, 0.3) is 0 Å². The highest BCUT2D eigenvalue weighted by Crippen LogP contribution is 2.37. The summed E-state index contributed by atoms with van der Waals surface area (Å²) in [6.07, 6.45) is 1.43. The van der Waals surface area contributed by atoms with Crippen molar-refractivity contribution in [3.8, 4) is 0 Å². The van der Waals surface area contributed by atoms with Crippen LogP contribution in [0.3, 0.4) is 0 Å². The number of hydrogen-bond donors (Lipinski definition) is 1. The molecule has 0 aromatic heterocycles. The second-order valence-electron chi connectivity index (χ2n) is 5.68. The van der Waals surface area contributed by atoms with E-state index in [4.69, 9.17) is 4.74 Å². The van der Waals surface area contributed by atoms with Crippen LogP contribution >= 0.6 is 11.8 Å². The van der Waals surface area contributed by atoms with Gasteiger partial charge in [0.05, 0.1) is 12.0 Å². The van der Waals surface area contributed by atoms with Crippen LogP contribution in [0.15, 0.2) is 0 Å². The first-order chi connectivity index (χ1) is 9.78. The Morgan fingerprint density at radius 1 is 1.52 bits per heavy atom. The molecule has 120 valence electrons. The number of thioether (sulfide) groups is 1. The van der Waals surface area contributed by atoms with Crippen LogP contribution in [0, 0.1) is 5.92 Å². The lowest BCUT2D eigenvalue weighted by molar-refractivity contribution is -0.147. The summed E-state index contributed by atoms with van der Waals surface area (Å²) in [5, 5.41) is 2.74. The third-order valence-corrected chi connectivity index (χ3v) is 5.33. The van der Waals surface area contributed by atoms with Crippen LogP contribution in [-0.2, 0) is 19.1 Å². The fourth-order valence-corrected chi connectivity index (χ4v) is 3.46. The molecular formula is C14H24N2O4S. The highest BCUT2D eigenvalue weighted by molar-refractivity contribution is 8.00. The zero-order chi connectivity index (χ0) is 16.2. The van der Waals surface area contributed by atoms with Crippen molar-refractivity contribution in [3.05, 3.63) is 0 Å². The summed E-state index contributed by atoms with van der Waals surface area (Å²) in [6, 6.07) is -1.24. The van der Waals surface area contributed by atoms with Gasteiger partial charge >= 0.3 is 5.97 Å².